The van der Waals surface area contributed by atoms with Crippen LogP contribution in [0.25, 0.3) is 0 Å². The summed E-state index contributed by atoms with van der Waals surface area (Å²) >= 11 is 0. The molecule has 0 nitrogen and oxygen atoms in total. The fraction of sp³-hybridized carbons (Fsp3) is 0.917. The SMILES string of the molecule is CCCCC(C(C)CCCC=CCCCC(CC)CC)C1CC1C. The predicted molar refractivity (Wildman–Crippen MR) is 110 cm³/mol. The first-order chi connectivity index (χ1) is 11.6. The Labute approximate surface area is 153 Å². The Bertz CT molecular complexity index is 312. The molecule has 24 heavy (non-hydrogen) atoms. The van der Waals surface area contributed by atoms with Crippen molar-refractivity contribution in [1.29, 1.82) is 0 Å². The van der Waals surface area contributed by atoms with Gasteiger partial charge in [-0.05, 0) is 68.1 Å². The maximum absolute atomic E-state index is 2.53. The van der Waals surface area contributed by atoms with Gasteiger partial charge in [-0.15, -0.1) is 0 Å². The highest BCUT2D eigenvalue weighted by Gasteiger charge is 2.40. The molecule has 0 radical (unpaired) electrons. The topological polar surface area (TPSA) is 0 Å². The van der Waals surface area contributed by atoms with E-state index in [9.17, 15) is 0 Å². The number of hydrogen-bond acceptors (Lipinski definition) is 0. The Hall–Kier alpha value is -0.260. The molecule has 4 unspecified atom stereocenters. The van der Waals surface area contributed by atoms with E-state index in [1.54, 1.807) is 0 Å². The van der Waals surface area contributed by atoms with Gasteiger partial charge in [-0.1, -0.05) is 85.3 Å². The third kappa shape index (κ3) is 8.72. The Morgan fingerprint density at radius 2 is 1.46 bits per heavy atom. The molecule has 0 aromatic carbocycles. The first-order valence-corrected chi connectivity index (χ1v) is 11.3. The van der Waals surface area contributed by atoms with Gasteiger partial charge in [0.25, 0.3) is 0 Å². The summed E-state index contributed by atoms with van der Waals surface area (Å²) in [4.78, 5) is 0. The third-order valence-electron chi connectivity index (χ3n) is 6.68. The molecule has 0 aromatic heterocycles. The summed E-state index contributed by atoms with van der Waals surface area (Å²) in [7, 11) is 0. The van der Waals surface area contributed by atoms with Gasteiger partial charge in [-0.2, -0.15) is 0 Å². The predicted octanol–water partition coefficient (Wildman–Crippen LogP) is 8.42. The zero-order valence-corrected chi connectivity index (χ0v) is 17.5. The highest BCUT2D eigenvalue weighted by Crippen LogP contribution is 2.49. The maximum atomic E-state index is 2.53. The zero-order valence-electron chi connectivity index (χ0n) is 17.5. The highest BCUT2D eigenvalue weighted by atomic mass is 14.5. The number of allylic oxidation sites excluding steroid dienone is 2. The van der Waals surface area contributed by atoms with Gasteiger partial charge in [0.1, 0.15) is 0 Å². The Morgan fingerprint density at radius 3 is 1.96 bits per heavy atom. The summed E-state index contributed by atoms with van der Waals surface area (Å²) in [5.41, 5.74) is 0. The molecule has 0 heteroatoms. The summed E-state index contributed by atoms with van der Waals surface area (Å²) in [6.07, 6.45) is 21.7. The summed E-state index contributed by atoms with van der Waals surface area (Å²) in [5.74, 6) is 5.00. The minimum Gasteiger partial charge on any atom is -0.0885 e. The minimum absolute atomic E-state index is 0.940. The van der Waals surface area contributed by atoms with Crippen LogP contribution in [0.3, 0.4) is 0 Å². The molecular formula is C24H46. The van der Waals surface area contributed by atoms with E-state index in [-0.39, 0.29) is 0 Å². The smallest absolute Gasteiger partial charge is 0.0351 e. The molecule has 0 saturated heterocycles. The van der Waals surface area contributed by atoms with E-state index in [4.69, 9.17) is 0 Å². The van der Waals surface area contributed by atoms with Crippen molar-refractivity contribution in [3.8, 4) is 0 Å². The van der Waals surface area contributed by atoms with Gasteiger partial charge in [0.05, 0.1) is 0 Å². The van der Waals surface area contributed by atoms with E-state index < -0.39 is 0 Å². The van der Waals surface area contributed by atoms with Crippen molar-refractivity contribution in [1.82, 2.24) is 0 Å². The second-order valence-electron chi connectivity index (χ2n) is 8.68. The quantitative estimate of drug-likeness (QED) is 0.208. The lowest BCUT2D eigenvalue weighted by atomic mass is 9.81. The van der Waals surface area contributed by atoms with E-state index in [0.29, 0.717) is 0 Å². The summed E-state index contributed by atoms with van der Waals surface area (Å²) < 4.78 is 0. The van der Waals surface area contributed by atoms with Crippen LogP contribution < -0.4 is 0 Å². The van der Waals surface area contributed by atoms with Crippen molar-refractivity contribution >= 4 is 0 Å². The van der Waals surface area contributed by atoms with E-state index in [0.717, 1.165) is 29.6 Å². The average Bonchev–Trinajstić information content (AvgIpc) is 3.30. The second kappa shape index (κ2) is 13.0. The number of rotatable bonds is 15. The van der Waals surface area contributed by atoms with Crippen LogP contribution >= 0.6 is 0 Å². The molecule has 0 aliphatic heterocycles. The molecule has 4 atom stereocenters. The van der Waals surface area contributed by atoms with Gasteiger partial charge in [-0.3, -0.25) is 0 Å². The van der Waals surface area contributed by atoms with Crippen LogP contribution in [0, 0.1) is 29.6 Å². The fourth-order valence-corrected chi connectivity index (χ4v) is 4.54. The van der Waals surface area contributed by atoms with Crippen molar-refractivity contribution in [3.05, 3.63) is 12.2 Å². The van der Waals surface area contributed by atoms with Gasteiger partial charge in [0, 0.05) is 0 Å². The molecule has 1 aliphatic rings. The van der Waals surface area contributed by atoms with E-state index >= 15 is 0 Å². The van der Waals surface area contributed by atoms with Gasteiger partial charge >= 0.3 is 0 Å². The number of unbranched alkanes of at least 4 members (excludes halogenated alkanes) is 3. The Kier molecular flexibility index (Phi) is 11.8. The van der Waals surface area contributed by atoms with Crippen LogP contribution in [0.2, 0.25) is 0 Å². The summed E-state index contributed by atoms with van der Waals surface area (Å²) in [6, 6.07) is 0. The van der Waals surface area contributed by atoms with Crippen molar-refractivity contribution in [2.45, 2.75) is 112 Å². The largest absolute Gasteiger partial charge is 0.0885 e. The molecule has 0 bridgehead atoms. The molecule has 0 aromatic rings. The monoisotopic (exact) mass is 334 g/mol. The molecule has 1 fully saturated rings. The van der Waals surface area contributed by atoms with Crippen molar-refractivity contribution in [2.75, 3.05) is 0 Å². The maximum Gasteiger partial charge on any atom is -0.0351 e. The van der Waals surface area contributed by atoms with Crippen molar-refractivity contribution in [2.24, 2.45) is 29.6 Å². The number of hydrogen-bond donors (Lipinski definition) is 0. The van der Waals surface area contributed by atoms with Gasteiger partial charge < -0.3 is 0 Å². The Morgan fingerprint density at radius 1 is 0.875 bits per heavy atom. The molecular weight excluding hydrogens is 288 g/mol. The molecule has 1 rings (SSSR count). The van der Waals surface area contributed by atoms with Gasteiger partial charge in [-0.25, -0.2) is 0 Å². The standard InChI is InChI=1S/C24H46/c1-6-9-18-23(24-19-21(24)5)20(4)16-14-12-10-11-13-15-17-22(7-2)8-3/h10-11,20-24H,6-9,12-19H2,1-5H3. The first-order valence-electron chi connectivity index (χ1n) is 11.3. The lowest BCUT2D eigenvalue weighted by Crippen LogP contribution is -2.15. The van der Waals surface area contributed by atoms with Gasteiger partial charge in [0.15, 0.2) is 0 Å². The van der Waals surface area contributed by atoms with Crippen LogP contribution in [0.1, 0.15) is 112 Å². The van der Waals surface area contributed by atoms with Crippen molar-refractivity contribution < 1.29 is 0 Å². The van der Waals surface area contributed by atoms with Crippen LogP contribution in [0.4, 0.5) is 0 Å². The van der Waals surface area contributed by atoms with Gasteiger partial charge in [0.2, 0.25) is 0 Å². The fourth-order valence-electron chi connectivity index (χ4n) is 4.54. The zero-order chi connectivity index (χ0) is 17.8. The molecule has 0 heterocycles. The van der Waals surface area contributed by atoms with E-state index in [2.05, 4.69) is 46.8 Å². The highest BCUT2D eigenvalue weighted by molar-refractivity contribution is 4.90. The molecule has 142 valence electrons. The van der Waals surface area contributed by atoms with Crippen LogP contribution in [0.15, 0.2) is 12.2 Å². The molecule has 0 amide bonds. The first kappa shape index (κ1) is 21.8. The van der Waals surface area contributed by atoms with E-state index in [1.165, 1.54) is 77.0 Å². The molecule has 0 spiro atoms. The summed E-state index contributed by atoms with van der Waals surface area (Å²) in [5, 5.41) is 0. The third-order valence-corrected chi connectivity index (χ3v) is 6.68. The Balaban J connectivity index is 2.10. The lowest BCUT2D eigenvalue weighted by molar-refractivity contribution is 0.263. The average molecular weight is 335 g/mol. The minimum atomic E-state index is 0.940. The van der Waals surface area contributed by atoms with Crippen LogP contribution in [0.5, 0.6) is 0 Å². The lowest BCUT2D eigenvalue weighted by Gasteiger charge is -2.24. The molecule has 1 saturated carbocycles. The summed E-state index contributed by atoms with van der Waals surface area (Å²) in [6.45, 7) is 12.0. The van der Waals surface area contributed by atoms with Crippen LogP contribution in [-0.2, 0) is 0 Å². The molecule has 0 N–H and O–H groups in total. The molecule has 1 aliphatic carbocycles. The van der Waals surface area contributed by atoms with E-state index in [1.807, 2.05) is 0 Å². The van der Waals surface area contributed by atoms with Crippen LogP contribution in [-0.4, -0.2) is 0 Å². The second-order valence-corrected chi connectivity index (χ2v) is 8.68. The van der Waals surface area contributed by atoms with Crippen molar-refractivity contribution in [3.63, 3.8) is 0 Å². The normalized spacial score (nSPS) is 23.1.